The summed E-state index contributed by atoms with van der Waals surface area (Å²) in [4.78, 5) is 38.9. The molecule has 7 nitrogen and oxygen atoms in total. The summed E-state index contributed by atoms with van der Waals surface area (Å²) in [6.45, 7) is 8.58. The molecule has 180 valence electrons. The molecule has 1 saturated carbocycles. The minimum Gasteiger partial charge on any atom is -0.353 e. The second kappa shape index (κ2) is 9.79. The molecule has 0 N–H and O–H groups in total. The lowest BCUT2D eigenvalue weighted by atomic mass is 9.94. The van der Waals surface area contributed by atoms with Crippen LogP contribution in [0.1, 0.15) is 50.2 Å². The van der Waals surface area contributed by atoms with Crippen LogP contribution in [0.3, 0.4) is 0 Å². The number of aromatic nitrogens is 2. The highest BCUT2D eigenvalue weighted by atomic mass is 32.2. The maximum absolute atomic E-state index is 13.7. The van der Waals surface area contributed by atoms with Crippen LogP contribution in [0.4, 0.5) is 5.82 Å². The van der Waals surface area contributed by atoms with Crippen molar-refractivity contribution in [1.29, 1.82) is 0 Å². The van der Waals surface area contributed by atoms with Crippen LogP contribution in [0.5, 0.6) is 0 Å². The van der Waals surface area contributed by atoms with E-state index in [4.69, 9.17) is 17.2 Å². The number of thioether (sulfide) groups is 1. The Hall–Kier alpha value is -2.23. The molecule has 34 heavy (non-hydrogen) atoms. The number of nitrogens with zero attached hydrogens (tertiary/aromatic N) is 5. The zero-order chi connectivity index (χ0) is 23.8. The number of carbonyl (C=O) groups is 1. The van der Waals surface area contributed by atoms with Gasteiger partial charge in [-0.1, -0.05) is 56.2 Å². The van der Waals surface area contributed by atoms with Crippen LogP contribution in [0.2, 0.25) is 0 Å². The number of hydrogen-bond acceptors (Lipinski definition) is 7. The molecule has 1 aliphatic carbocycles. The molecule has 0 aromatic carbocycles. The minimum absolute atomic E-state index is 0.0719. The molecule has 0 atom stereocenters. The number of fused-ring (bicyclic) bond motifs is 1. The second-order valence-corrected chi connectivity index (χ2v) is 11.0. The van der Waals surface area contributed by atoms with Gasteiger partial charge in [0, 0.05) is 38.4 Å². The number of amides is 1. The lowest BCUT2D eigenvalue weighted by molar-refractivity contribution is -0.124. The van der Waals surface area contributed by atoms with Crippen LogP contribution in [0, 0.1) is 6.92 Å². The topological polar surface area (TPSA) is 61.2 Å². The van der Waals surface area contributed by atoms with E-state index in [-0.39, 0.29) is 17.5 Å². The number of pyridine rings is 1. The van der Waals surface area contributed by atoms with Crippen LogP contribution in [0.15, 0.2) is 28.0 Å². The molecule has 2 aromatic rings. The summed E-state index contributed by atoms with van der Waals surface area (Å²) in [5.41, 5.74) is 1.92. The van der Waals surface area contributed by atoms with Gasteiger partial charge in [0.15, 0.2) is 0 Å². The van der Waals surface area contributed by atoms with Crippen LogP contribution >= 0.6 is 24.0 Å². The fourth-order valence-corrected chi connectivity index (χ4v) is 6.54. The molecule has 2 aromatic heterocycles. The predicted molar refractivity (Wildman–Crippen MR) is 142 cm³/mol. The van der Waals surface area contributed by atoms with Crippen LogP contribution in [-0.2, 0) is 4.79 Å². The number of carbonyl (C=O) groups excluding carboxylic acids is 1. The standard InChI is InChI=1S/C25H31N5O2S2/c1-3-27-11-13-28(14-12-27)22-19(23(31)29-16-17(2)9-10-21(29)26-22)15-20-24(32)30(25(33)34-20)18-7-5-4-6-8-18/h9-10,15-16,18H,3-8,11-14H2,1-2H3. The van der Waals surface area contributed by atoms with E-state index in [1.807, 2.05) is 25.3 Å². The van der Waals surface area contributed by atoms with Crippen LogP contribution in [0.25, 0.3) is 11.7 Å². The van der Waals surface area contributed by atoms with Gasteiger partial charge in [-0.25, -0.2) is 4.98 Å². The zero-order valence-corrected chi connectivity index (χ0v) is 21.5. The largest absolute Gasteiger partial charge is 0.353 e. The monoisotopic (exact) mass is 497 g/mol. The third-order valence-electron chi connectivity index (χ3n) is 7.14. The highest BCUT2D eigenvalue weighted by Crippen LogP contribution is 2.37. The smallest absolute Gasteiger partial charge is 0.267 e. The molecule has 3 fully saturated rings. The summed E-state index contributed by atoms with van der Waals surface area (Å²) in [7, 11) is 0. The SMILES string of the molecule is CCN1CCN(c2nc3ccc(C)cn3c(=O)c2C=C2SC(=S)N(C3CCCCC3)C2=O)CC1. The maximum Gasteiger partial charge on any atom is 0.267 e. The molecular weight excluding hydrogens is 466 g/mol. The van der Waals surface area contributed by atoms with Gasteiger partial charge in [0.1, 0.15) is 15.8 Å². The molecule has 2 aliphatic heterocycles. The Labute approximate surface area is 209 Å². The van der Waals surface area contributed by atoms with Crippen LogP contribution in [-0.4, -0.2) is 68.2 Å². The summed E-state index contributed by atoms with van der Waals surface area (Å²) in [5.74, 6) is 0.588. The Morgan fingerprint density at radius 1 is 1.12 bits per heavy atom. The molecule has 3 aliphatic rings. The van der Waals surface area contributed by atoms with Crippen molar-refractivity contribution >= 4 is 51.7 Å². The van der Waals surface area contributed by atoms with E-state index < -0.39 is 0 Å². The van der Waals surface area contributed by atoms with Crippen molar-refractivity contribution in [2.24, 2.45) is 0 Å². The average Bonchev–Trinajstić information content (AvgIpc) is 3.14. The first-order chi connectivity index (χ1) is 16.5. The number of piperazine rings is 1. The first-order valence-corrected chi connectivity index (χ1v) is 13.5. The first-order valence-electron chi connectivity index (χ1n) is 12.2. The van der Waals surface area contributed by atoms with E-state index in [0.29, 0.717) is 26.3 Å². The van der Waals surface area contributed by atoms with Gasteiger partial charge in [-0.15, -0.1) is 0 Å². The van der Waals surface area contributed by atoms with Crippen molar-refractivity contribution in [3.05, 3.63) is 44.7 Å². The van der Waals surface area contributed by atoms with E-state index in [2.05, 4.69) is 16.7 Å². The van der Waals surface area contributed by atoms with E-state index in [0.717, 1.165) is 64.0 Å². The number of rotatable bonds is 4. The van der Waals surface area contributed by atoms with E-state index in [1.54, 1.807) is 15.4 Å². The molecule has 2 saturated heterocycles. The van der Waals surface area contributed by atoms with Gasteiger partial charge in [-0.05, 0) is 44.0 Å². The minimum atomic E-state index is -0.149. The maximum atomic E-state index is 13.7. The number of likely N-dealkylation sites (N-methyl/N-ethyl adjacent to an activating group) is 1. The van der Waals surface area contributed by atoms with Crippen molar-refractivity contribution < 1.29 is 4.79 Å². The summed E-state index contributed by atoms with van der Waals surface area (Å²) >= 11 is 6.93. The summed E-state index contributed by atoms with van der Waals surface area (Å²) in [5, 5.41) is 0. The Bertz CT molecular complexity index is 1210. The predicted octanol–water partition coefficient (Wildman–Crippen LogP) is 3.68. The number of aryl methyl sites for hydroxylation is 1. The summed E-state index contributed by atoms with van der Waals surface area (Å²) in [6.07, 6.45) is 9.02. The zero-order valence-electron chi connectivity index (χ0n) is 19.8. The van der Waals surface area contributed by atoms with Crippen molar-refractivity contribution in [1.82, 2.24) is 19.2 Å². The van der Waals surface area contributed by atoms with E-state index >= 15 is 0 Å². The van der Waals surface area contributed by atoms with Gasteiger partial charge in [0.2, 0.25) is 0 Å². The van der Waals surface area contributed by atoms with Crippen molar-refractivity contribution in [3.8, 4) is 0 Å². The molecule has 0 spiro atoms. The highest BCUT2D eigenvalue weighted by molar-refractivity contribution is 8.26. The number of thiocarbonyl (C=S) groups is 1. The Balaban J connectivity index is 1.57. The molecular formula is C25H31N5O2S2. The number of anilines is 1. The highest BCUT2D eigenvalue weighted by Gasteiger charge is 2.38. The van der Waals surface area contributed by atoms with Gasteiger partial charge in [0.05, 0.1) is 10.5 Å². The molecule has 0 unspecified atom stereocenters. The van der Waals surface area contributed by atoms with Gasteiger partial charge < -0.3 is 9.80 Å². The van der Waals surface area contributed by atoms with Crippen molar-refractivity contribution in [2.45, 2.75) is 52.0 Å². The first kappa shape index (κ1) is 23.5. The number of hydrogen-bond donors (Lipinski definition) is 0. The van der Waals surface area contributed by atoms with Gasteiger partial charge >= 0.3 is 0 Å². The molecule has 1 amide bonds. The fourth-order valence-electron chi connectivity index (χ4n) is 5.16. The Kier molecular flexibility index (Phi) is 6.77. The molecule has 4 heterocycles. The van der Waals surface area contributed by atoms with Gasteiger partial charge in [-0.2, -0.15) is 0 Å². The lowest BCUT2D eigenvalue weighted by Gasteiger charge is -2.35. The Morgan fingerprint density at radius 2 is 1.85 bits per heavy atom. The van der Waals surface area contributed by atoms with Crippen LogP contribution < -0.4 is 10.5 Å². The molecule has 5 rings (SSSR count). The normalized spacial score (nSPS) is 21.9. The van der Waals surface area contributed by atoms with Crippen molar-refractivity contribution in [3.63, 3.8) is 0 Å². The molecule has 0 radical (unpaired) electrons. The molecule has 0 bridgehead atoms. The summed E-state index contributed by atoms with van der Waals surface area (Å²) in [6, 6.07) is 4.02. The van der Waals surface area contributed by atoms with Gasteiger partial charge in [0.25, 0.3) is 11.5 Å². The third kappa shape index (κ3) is 4.41. The third-order valence-corrected chi connectivity index (χ3v) is 8.47. The van der Waals surface area contributed by atoms with E-state index in [1.165, 1.54) is 18.2 Å². The summed E-state index contributed by atoms with van der Waals surface area (Å²) < 4.78 is 2.19. The van der Waals surface area contributed by atoms with Gasteiger partial charge in [-0.3, -0.25) is 18.9 Å². The van der Waals surface area contributed by atoms with Crippen molar-refractivity contribution in [2.75, 3.05) is 37.6 Å². The van der Waals surface area contributed by atoms with E-state index in [9.17, 15) is 9.59 Å². The quantitative estimate of drug-likeness (QED) is 0.472. The average molecular weight is 498 g/mol. The second-order valence-electron chi connectivity index (χ2n) is 9.35. The fraction of sp³-hybridized carbons (Fsp3) is 0.520. The molecule has 9 heteroatoms. The Morgan fingerprint density at radius 3 is 2.56 bits per heavy atom. The lowest BCUT2D eigenvalue weighted by Crippen LogP contribution is -2.47.